The van der Waals surface area contributed by atoms with Crippen LogP contribution in [0, 0.1) is 0 Å². The van der Waals surface area contributed by atoms with Crippen LogP contribution in [0.4, 0.5) is 0 Å². The Balaban J connectivity index is 1.89. The Morgan fingerprint density at radius 3 is 2.70 bits per heavy atom. The summed E-state index contributed by atoms with van der Waals surface area (Å²) in [6.07, 6.45) is 0.972. The van der Waals surface area contributed by atoms with Gasteiger partial charge in [0, 0.05) is 11.1 Å². The minimum absolute atomic E-state index is 0.305. The van der Waals surface area contributed by atoms with Gasteiger partial charge in [0.1, 0.15) is 18.2 Å². The molecule has 5 nitrogen and oxygen atoms in total. The van der Waals surface area contributed by atoms with Gasteiger partial charge in [0.25, 0.3) is 0 Å². The summed E-state index contributed by atoms with van der Waals surface area (Å²) >= 11 is 0. The van der Waals surface area contributed by atoms with Crippen molar-refractivity contribution < 1.29 is 14.6 Å². The predicted molar refractivity (Wildman–Crippen MR) is 88.7 cm³/mol. The second kappa shape index (κ2) is 6.62. The van der Waals surface area contributed by atoms with Gasteiger partial charge in [-0.25, -0.2) is 4.98 Å². The molecule has 1 heterocycles. The molecule has 0 saturated carbocycles. The van der Waals surface area contributed by atoms with Gasteiger partial charge < -0.3 is 14.8 Å². The molecule has 0 aliphatic heterocycles. The number of carbonyl (C=O) groups excluding carboxylic acids is 1. The molecule has 0 bridgehead atoms. The highest BCUT2D eigenvalue weighted by Gasteiger charge is 2.09. The van der Waals surface area contributed by atoms with Crippen molar-refractivity contribution in [1.29, 1.82) is 0 Å². The number of carbonyl (C=O) groups is 1. The molecule has 0 spiro atoms. The van der Waals surface area contributed by atoms with Crippen molar-refractivity contribution >= 4 is 16.8 Å². The van der Waals surface area contributed by atoms with E-state index >= 15 is 0 Å². The van der Waals surface area contributed by atoms with Crippen LogP contribution in [0.25, 0.3) is 22.4 Å². The van der Waals surface area contributed by atoms with Gasteiger partial charge in [-0.05, 0) is 48.9 Å². The summed E-state index contributed by atoms with van der Waals surface area (Å²) in [5.41, 5.74) is 2.96. The van der Waals surface area contributed by atoms with E-state index in [4.69, 9.17) is 9.84 Å². The molecule has 3 rings (SSSR count). The molecule has 0 aliphatic carbocycles. The number of H-pyrrole nitrogens is 1. The maximum absolute atomic E-state index is 11.6. The third kappa shape index (κ3) is 3.24. The number of hydrogen-bond donors (Lipinski definition) is 2. The summed E-state index contributed by atoms with van der Waals surface area (Å²) in [4.78, 5) is 19.3. The summed E-state index contributed by atoms with van der Waals surface area (Å²) in [7, 11) is 0. The van der Waals surface area contributed by atoms with Gasteiger partial charge in [-0.3, -0.25) is 4.79 Å². The number of imidazole rings is 1. The second-order valence-electron chi connectivity index (χ2n) is 5.27. The monoisotopic (exact) mass is 310 g/mol. The average Bonchev–Trinajstić information content (AvgIpc) is 3.02. The molecule has 0 radical (unpaired) electrons. The van der Waals surface area contributed by atoms with Crippen LogP contribution in [-0.2, 0) is 0 Å². The zero-order valence-corrected chi connectivity index (χ0v) is 12.9. The van der Waals surface area contributed by atoms with Crippen LogP contribution in [-0.4, -0.2) is 34.1 Å². The number of ether oxygens (including phenoxy) is 1. The number of hydrogen-bond acceptors (Lipinski definition) is 4. The van der Waals surface area contributed by atoms with Crippen LogP contribution in [0.1, 0.15) is 23.7 Å². The lowest BCUT2D eigenvalue weighted by molar-refractivity contribution is 0.0904. The fourth-order valence-corrected chi connectivity index (χ4v) is 2.34. The van der Waals surface area contributed by atoms with Crippen LogP contribution in [0.15, 0.2) is 42.5 Å². The Kier molecular flexibility index (Phi) is 4.39. The number of Topliss-reactive ketones (excluding diaryl/α,β-unsaturated/α-hetero) is 1. The molecule has 5 heteroatoms. The molecule has 2 N–H and O–H groups in total. The molecule has 118 valence electrons. The lowest BCUT2D eigenvalue weighted by Crippen LogP contribution is -2.03. The van der Waals surface area contributed by atoms with Crippen molar-refractivity contribution in [2.24, 2.45) is 0 Å². The Hall–Kier alpha value is -2.66. The number of aliphatic hydroxyl groups is 1. The summed E-state index contributed by atoms with van der Waals surface area (Å²) in [5, 5.41) is 8.94. The molecule has 0 unspecified atom stereocenters. The number of aromatic nitrogens is 2. The first-order valence-electron chi connectivity index (χ1n) is 7.58. The van der Waals surface area contributed by atoms with Gasteiger partial charge in [-0.1, -0.05) is 6.92 Å². The van der Waals surface area contributed by atoms with E-state index in [0.29, 0.717) is 12.2 Å². The van der Waals surface area contributed by atoms with E-state index in [1.807, 2.05) is 24.3 Å². The Morgan fingerprint density at radius 1 is 1.22 bits per heavy atom. The minimum Gasteiger partial charge on any atom is -0.494 e. The highest BCUT2D eigenvalue weighted by Crippen LogP contribution is 2.23. The van der Waals surface area contributed by atoms with Gasteiger partial charge in [-0.2, -0.15) is 0 Å². The SMILES string of the molecule is CCCOc1ccc(-c2nc3ccc(C(=O)CO)cc3[nH]2)cc1. The predicted octanol–water partition coefficient (Wildman–Crippen LogP) is 3.19. The van der Waals surface area contributed by atoms with Crippen LogP contribution in [0.3, 0.4) is 0 Å². The first kappa shape index (κ1) is 15.2. The number of aromatic amines is 1. The smallest absolute Gasteiger partial charge is 0.188 e. The van der Waals surface area contributed by atoms with Crippen molar-refractivity contribution in [2.45, 2.75) is 13.3 Å². The second-order valence-corrected chi connectivity index (χ2v) is 5.27. The standard InChI is InChI=1S/C18H18N2O3/c1-2-9-23-14-6-3-12(4-7-14)18-19-15-8-5-13(17(22)11-21)10-16(15)20-18/h3-8,10,21H,2,9,11H2,1H3,(H,19,20). The zero-order valence-electron chi connectivity index (χ0n) is 12.9. The first-order chi connectivity index (χ1) is 11.2. The maximum atomic E-state index is 11.6. The van der Waals surface area contributed by atoms with Crippen LogP contribution in [0.2, 0.25) is 0 Å². The quantitative estimate of drug-likeness (QED) is 0.686. The Bertz CT molecular complexity index is 822. The van der Waals surface area contributed by atoms with E-state index in [0.717, 1.165) is 34.6 Å². The minimum atomic E-state index is -0.494. The number of benzene rings is 2. The third-order valence-corrected chi connectivity index (χ3v) is 3.55. The molecule has 0 amide bonds. The summed E-state index contributed by atoms with van der Waals surface area (Å²) in [5.74, 6) is 1.26. The van der Waals surface area contributed by atoms with Gasteiger partial charge in [-0.15, -0.1) is 0 Å². The number of nitrogens with one attached hydrogen (secondary N) is 1. The fraction of sp³-hybridized carbons (Fsp3) is 0.222. The van der Waals surface area contributed by atoms with E-state index in [9.17, 15) is 4.79 Å². The highest BCUT2D eigenvalue weighted by molar-refractivity contribution is 5.99. The molecule has 0 atom stereocenters. The summed E-state index contributed by atoms with van der Waals surface area (Å²) < 4.78 is 5.57. The molecule has 1 aromatic heterocycles. The highest BCUT2D eigenvalue weighted by atomic mass is 16.5. The largest absolute Gasteiger partial charge is 0.494 e. The van der Waals surface area contributed by atoms with E-state index in [2.05, 4.69) is 16.9 Å². The maximum Gasteiger partial charge on any atom is 0.188 e. The Morgan fingerprint density at radius 2 is 2.00 bits per heavy atom. The van der Waals surface area contributed by atoms with Crippen LogP contribution >= 0.6 is 0 Å². The fourth-order valence-electron chi connectivity index (χ4n) is 2.34. The topological polar surface area (TPSA) is 75.2 Å². The van der Waals surface area contributed by atoms with E-state index in [1.165, 1.54) is 0 Å². The average molecular weight is 310 g/mol. The zero-order chi connectivity index (χ0) is 16.2. The lowest BCUT2D eigenvalue weighted by Gasteiger charge is -2.04. The summed E-state index contributed by atoms with van der Waals surface area (Å²) in [6, 6.07) is 12.9. The molecular weight excluding hydrogens is 292 g/mol. The van der Waals surface area contributed by atoms with Crippen LogP contribution < -0.4 is 4.74 Å². The van der Waals surface area contributed by atoms with Gasteiger partial charge in [0.15, 0.2) is 5.78 Å². The van der Waals surface area contributed by atoms with Crippen molar-refractivity contribution in [3.05, 3.63) is 48.0 Å². The van der Waals surface area contributed by atoms with Crippen molar-refractivity contribution in [3.8, 4) is 17.1 Å². The first-order valence-corrected chi connectivity index (χ1v) is 7.58. The molecular formula is C18H18N2O3. The van der Waals surface area contributed by atoms with E-state index in [-0.39, 0.29) is 5.78 Å². The number of ketones is 1. The normalized spacial score (nSPS) is 10.9. The molecule has 0 aliphatic rings. The van der Waals surface area contributed by atoms with Crippen molar-refractivity contribution in [1.82, 2.24) is 9.97 Å². The number of nitrogens with zero attached hydrogens (tertiary/aromatic N) is 1. The third-order valence-electron chi connectivity index (χ3n) is 3.55. The number of fused-ring (bicyclic) bond motifs is 1. The van der Waals surface area contributed by atoms with E-state index in [1.54, 1.807) is 18.2 Å². The molecule has 0 saturated heterocycles. The number of aliphatic hydroxyl groups excluding tert-OH is 1. The Labute approximate surface area is 133 Å². The van der Waals surface area contributed by atoms with Gasteiger partial charge >= 0.3 is 0 Å². The van der Waals surface area contributed by atoms with Crippen molar-refractivity contribution in [2.75, 3.05) is 13.2 Å². The van der Waals surface area contributed by atoms with Crippen LogP contribution in [0.5, 0.6) is 5.75 Å². The lowest BCUT2D eigenvalue weighted by atomic mass is 10.1. The molecule has 23 heavy (non-hydrogen) atoms. The van der Waals surface area contributed by atoms with Gasteiger partial charge in [0.05, 0.1) is 17.6 Å². The van der Waals surface area contributed by atoms with Gasteiger partial charge in [0.2, 0.25) is 0 Å². The number of rotatable bonds is 6. The van der Waals surface area contributed by atoms with Crippen molar-refractivity contribution in [3.63, 3.8) is 0 Å². The van der Waals surface area contributed by atoms with E-state index < -0.39 is 6.61 Å². The summed E-state index contributed by atoms with van der Waals surface area (Å²) in [6.45, 7) is 2.27. The molecule has 0 fully saturated rings. The molecule has 3 aromatic rings. The molecule has 2 aromatic carbocycles.